The zero-order valence-electron chi connectivity index (χ0n) is 10.2. The number of nitrogen functional groups attached to an aromatic ring is 1. The third kappa shape index (κ3) is 2.33. The summed E-state index contributed by atoms with van der Waals surface area (Å²) in [5.41, 5.74) is 6.42. The molecule has 4 heteroatoms. The fraction of sp³-hybridized carbons (Fsp3) is 0.143. The van der Waals surface area contributed by atoms with Crippen molar-refractivity contribution in [3.05, 3.63) is 54.6 Å². The first-order chi connectivity index (χ1) is 8.68. The number of nitrogens with two attached hydrogens (primary N) is 1. The first-order valence-corrected chi connectivity index (χ1v) is 7.46. The molecule has 0 aliphatic rings. The predicted octanol–water partition coefficient (Wildman–Crippen LogP) is 2.53. The SMILES string of the molecule is CCOP(=O)(c1ccccc1)c1ccccc1N. The van der Waals surface area contributed by atoms with Crippen molar-refractivity contribution in [1.29, 1.82) is 0 Å². The molecule has 0 fully saturated rings. The van der Waals surface area contributed by atoms with Gasteiger partial charge in [-0.1, -0.05) is 30.3 Å². The van der Waals surface area contributed by atoms with Crippen molar-refractivity contribution in [3.8, 4) is 0 Å². The number of hydrogen-bond acceptors (Lipinski definition) is 3. The molecule has 2 N–H and O–H groups in total. The summed E-state index contributed by atoms with van der Waals surface area (Å²) >= 11 is 0. The van der Waals surface area contributed by atoms with Gasteiger partial charge in [-0.2, -0.15) is 0 Å². The minimum Gasteiger partial charge on any atom is -0.398 e. The van der Waals surface area contributed by atoms with Gasteiger partial charge in [-0.15, -0.1) is 0 Å². The van der Waals surface area contributed by atoms with E-state index in [1.807, 2.05) is 49.4 Å². The molecule has 0 radical (unpaired) electrons. The zero-order valence-corrected chi connectivity index (χ0v) is 11.1. The maximum atomic E-state index is 13.1. The minimum atomic E-state index is -3.09. The van der Waals surface area contributed by atoms with Crippen molar-refractivity contribution >= 4 is 23.7 Å². The molecule has 0 aliphatic heterocycles. The Labute approximate surface area is 107 Å². The molecule has 0 aromatic heterocycles. The second-order valence-corrected chi connectivity index (χ2v) is 6.22. The molecule has 0 saturated heterocycles. The summed E-state index contributed by atoms with van der Waals surface area (Å²) in [6.45, 7) is 2.20. The Morgan fingerprint density at radius 1 is 1.06 bits per heavy atom. The van der Waals surface area contributed by atoms with E-state index >= 15 is 0 Å². The normalized spacial score (nSPS) is 14.1. The number of benzene rings is 2. The molecule has 0 spiro atoms. The lowest BCUT2D eigenvalue weighted by molar-refractivity contribution is 0.348. The second kappa shape index (κ2) is 5.38. The lowest BCUT2D eigenvalue weighted by Crippen LogP contribution is -2.20. The molecular formula is C14H16NO2P. The zero-order chi connectivity index (χ0) is 13.0. The van der Waals surface area contributed by atoms with E-state index in [0.717, 1.165) is 0 Å². The van der Waals surface area contributed by atoms with Crippen LogP contribution in [-0.2, 0) is 9.09 Å². The Balaban J connectivity index is 2.59. The number of rotatable bonds is 4. The first kappa shape index (κ1) is 12.9. The van der Waals surface area contributed by atoms with Crippen LogP contribution < -0.4 is 16.3 Å². The fourth-order valence-electron chi connectivity index (χ4n) is 1.84. The van der Waals surface area contributed by atoms with Crippen LogP contribution in [0.2, 0.25) is 0 Å². The average molecular weight is 261 g/mol. The van der Waals surface area contributed by atoms with Gasteiger partial charge in [0.15, 0.2) is 0 Å². The molecule has 1 atom stereocenters. The lowest BCUT2D eigenvalue weighted by atomic mass is 10.3. The van der Waals surface area contributed by atoms with E-state index in [2.05, 4.69) is 0 Å². The molecule has 3 nitrogen and oxygen atoms in total. The van der Waals surface area contributed by atoms with Gasteiger partial charge < -0.3 is 10.3 Å². The minimum absolute atomic E-state index is 0.376. The van der Waals surface area contributed by atoms with Crippen LogP contribution in [0, 0.1) is 0 Å². The number of anilines is 1. The highest BCUT2D eigenvalue weighted by Gasteiger charge is 2.29. The van der Waals surface area contributed by atoms with Crippen molar-refractivity contribution < 1.29 is 9.09 Å². The van der Waals surface area contributed by atoms with Crippen LogP contribution in [0.15, 0.2) is 54.6 Å². The van der Waals surface area contributed by atoms with E-state index in [1.54, 1.807) is 12.1 Å². The Morgan fingerprint density at radius 2 is 1.67 bits per heavy atom. The molecule has 2 rings (SSSR count). The smallest absolute Gasteiger partial charge is 0.263 e. The molecular weight excluding hydrogens is 245 g/mol. The summed E-state index contributed by atoms with van der Waals surface area (Å²) in [7, 11) is -3.09. The van der Waals surface area contributed by atoms with E-state index < -0.39 is 7.37 Å². The van der Waals surface area contributed by atoms with Crippen LogP contribution in [-0.4, -0.2) is 6.61 Å². The fourth-order valence-corrected chi connectivity index (χ4v) is 4.04. The third-order valence-electron chi connectivity index (χ3n) is 2.66. The average Bonchev–Trinajstić information content (AvgIpc) is 2.40. The molecule has 94 valence electrons. The highest BCUT2D eigenvalue weighted by molar-refractivity contribution is 7.74. The van der Waals surface area contributed by atoms with Crippen molar-refractivity contribution in [3.63, 3.8) is 0 Å². The number of para-hydroxylation sites is 1. The van der Waals surface area contributed by atoms with Crippen molar-refractivity contribution in [2.45, 2.75) is 6.92 Å². The highest BCUT2D eigenvalue weighted by Crippen LogP contribution is 2.45. The Bertz CT molecular complexity index is 569. The maximum absolute atomic E-state index is 13.1. The molecule has 2 aromatic rings. The van der Waals surface area contributed by atoms with E-state index in [0.29, 0.717) is 22.9 Å². The third-order valence-corrected chi connectivity index (χ3v) is 5.30. The van der Waals surface area contributed by atoms with Gasteiger partial charge >= 0.3 is 0 Å². The summed E-state index contributed by atoms with van der Waals surface area (Å²) < 4.78 is 18.7. The molecule has 0 aliphatic carbocycles. The quantitative estimate of drug-likeness (QED) is 0.679. The topological polar surface area (TPSA) is 52.3 Å². The Morgan fingerprint density at radius 3 is 2.28 bits per heavy atom. The largest absolute Gasteiger partial charge is 0.398 e. The first-order valence-electron chi connectivity index (χ1n) is 5.83. The van der Waals surface area contributed by atoms with E-state index in [9.17, 15) is 4.57 Å². The van der Waals surface area contributed by atoms with Gasteiger partial charge in [0.05, 0.1) is 11.9 Å². The van der Waals surface area contributed by atoms with Crippen LogP contribution in [0.25, 0.3) is 0 Å². The molecule has 1 unspecified atom stereocenters. The van der Waals surface area contributed by atoms with Crippen molar-refractivity contribution in [2.75, 3.05) is 12.3 Å². The van der Waals surface area contributed by atoms with Gasteiger partial charge in [-0.25, -0.2) is 0 Å². The molecule has 18 heavy (non-hydrogen) atoms. The Kier molecular flexibility index (Phi) is 3.85. The molecule has 2 aromatic carbocycles. The van der Waals surface area contributed by atoms with Crippen LogP contribution in [0.5, 0.6) is 0 Å². The van der Waals surface area contributed by atoms with Gasteiger partial charge in [0.2, 0.25) is 0 Å². The predicted molar refractivity (Wildman–Crippen MR) is 75.8 cm³/mol. The highest BCUT2D eigenvalue weighted by atomic mass is 31.2. The van der Waals surface area contributed by atoms with Crippen molar-refractivity contribution in [2.24, 2.45) is 0 Å². The van der Waals surface area contributed by atoms with E-state index in [4.69, 9.17) is 10.3 Å². The molecule has 0 saturated carbocycles. The van der Waals surface area contributed by atoms with Gasteiger partial charge in [-0.05, 0) is 31.2 Å². The summed E-state index contributed by atoms with van der Waals surface area (Å²) in [4.78, 5) is 0. The summed E-state index contributed by atoms with van der Waals surface area (Å²) in [5.74, 6) is 0. The molecule has 0 bridgehead atoms. The van der Waals surface area contributed by atoms with Crippen molar-refractivity contribution in [1.82, 2.24) is 0 Å². The van der Waals surface area contributed by atoms with Gasteiger partial charge in [0.25, 0.3) is 7.37 Å². The van der Waals surface area contributed by atoms with Crippen LogP contribution in [0.4, 0.5) is 5.69 Å². The summed E-state index contributed by atoms with van der Waals surface area (Å²) in [6, 6.07) is 16.3. The van der Waals surface area contributed by atoms with Gasteiger partial charge in [0, 0.05) is 11.0 Å². The molecule has 0 amide bonds. The molecule has 0 heterocycles. The van der Waals surface area contributed by atoms with E-state index in [1.165, 1.54) is 0 Å². The number of hydrogen-bond donors (Lipinski definition) is 1. The van der Waals surface area contributed by atoms with Crippen LogP contribution in [0.1, 0.15) is 6.92 Å². The van der Waals surface area contributed by atoms with Crippen LogP contribution >= 0.6 is 7.37 Å². The second-order valence-electron chi connectivity index (χ2n) is 3.86. The summed E-state index contributed by atoms with van der Waals surface area (Å²) in [5, 5.41) is 1.24. The maximum Gasteiger partial charge on any atom is 0.263 e. The standard InChI is InChI=1S/C14H16NO2P/c1-2-17-18(16,12-8-4-3-5-9-12)14-11-7-6-10-13(14)15/h3-11H,2,15H2,1H3. The Hall–Kier alpha value is -1.57. The lowest BCUT2D eigenvalue weighted by Gasteiger charge is -2.19. The van der Waals surface area contributed by atoms with Crippen LogP contribution in [0.3, 0.4) is 0 Å². The summed E-state index contributed by atoms with van der Waals surface area (Å²) in [6.07, 6.45) is 0. The van der Waals surface area contributed by atoms with Gasteiger partial charge in [-0.3, -0.25) is 4.57 Å². The monoisotopic (exact) mass is 261 g/mol. The van der Waals surface area contributed by atoms with E-state index in [-0.39, 0.29) is 0 Å². The van der Waals surface area contributed by atoms with Gasteiger partial charge in [0.1, 0.15) is 0 Å².